The van der Waals surface area contributed by atoms with Crippen LogP contribution in [0.25, 0.3) is 5.82 Å². The summed E-state index contributed by atoms with van der Waals surface area (Å²) < 4.78 is 1.76. The predicted molar refractivity (Wildman–Crippen MR) is 121 cm³/mol. The number of hydrogen-bond donors (Lipinski definition) is 2. The number of pyridine rings is 1. The van der Waals surface area contributed by atoms with Crippen LogP contribution in [0.2, 0.25) is 0 Å². The standard InChI is InChI=1S/C20H28N6O2.2ClH/c1-14-11-15(2)26(24-14)18-7-6-16(12-22-18)20(28)25-10-4-3-5-17(25)13-23-19(27)8-9-21;;/h6-7,11-12,17H,3-5,8-10,13,21H2,1-2H3,(H,23,27);2*1H. The van der Waals surface area contributed by atoms with Crippen LogP contribution in [-0.4, -0.2) is 57.2 Å². The van der Waals surface area contributed by atoms with Crippen LogP contribution in [0.5, 0.6) is 0 Å². The van der Waals surface area contributed by atoms with Gasteiger partial charge in [-0.3, -0.25) is 9.59 Å². The lowest BCUT2D eigenvalue weighted by molar-refractivity contribution is -0.121. The van der Waals surface area contributed by atoms with Crippen LogP contribution in [0.3, 0.4) is 0 Å². The third kappa shape index (κ3) is 6.17. The Morgan fingerprint density at radius 3 is 2.60 bits per heavy atom. The highest BCUT2D eigenvalue weighted by Gasteiger charge is 2.28. The smallest absolute Gasteiger partial charge is 0.255 e. The van der Waals surface area contributed by atoms with Gasteiger partial charge in [0, 0.05) is 44.0 Å². The lowest BCUT2D eigenvalue weighted by Gasteiger charge is -2.36. The van der Waals surface area contributed by atoms with Crippen molar-refractivity contribution >= 4 is 36.6 Å². The quantitative estimate of drug-likeness (QED) is 0.692. The number of carbonyl (C=O) groups excluding carboxylic acids is 2. The minimum Gasteiger partial charge on any atom is -0.354 e. The first-order valence-corrected chi connectivity index (χ1v) is 9.77. The largest absolute Gasteiger partial charge is 0.354 e. The number of nitrogens with one attached hydrogen (secondary N) is 1. The zero-order chi connectivity index (χ0) is 20.1. The lowest BCUT2D eigenvalue weighted by atomic mass is 10.0. The van der Waals surface area contributed by atoms with Gasteiger partial charge in [0.1, 0.15) is 0 Å². The highest BCUT2D eigenvalue weighted by Crippen LogP contribution is 2.20. The molecule has 0 spiro atoms. The molecule has 3 N–H and O–H groups in total. The number of nitrogens with zero attached hydrogens (tertiary/aromatic N) is 4. The molecule has 8 nitrogen and oxygen atoms in total. The minimum absolute atomic E-state index is 0. The van der Waals surface area contributed by atoms with E-state index in [2.05, 4.69) is 15.4 Å². The van der Waals surface area contributed by atoms with E-state index < -0.39 is 0 Å². The molecule has 2 aromatic rings. The Hall–Kier alpha value is -2.16. The zero-order valence-corrected chi connectivity index (χ0v) is 19.0. The highest BCUT2D eigenvalue weighted by atomic mass is 35.5. The number of aryl methyl sites for hydroxylation is 2. The Kier molecular flexibility index (Phi) is 10.2. The summed E-state index contributed by atoms with van der Waals surface area (Å²) in [5.74, 6) is 0.563. The fraction of sp³-hybridized carbons (Fsp3) is 0.500. The van der Waals surface area contributed by atoms with Gasteiger partial charge in [0.2, 0.25) is 5.91 Å². The lowest BCUT2D eigenvalue weighted by Crippen LogP contribution is -2.49. The van der Waals surface area contributed by atoms with Crippen LogP contribution in [0, 0.1) is 13.8 Å². The van der Waals surface area contributed by atoms with Crippen molar-refractivity contribution < 1.29 is 9.59 Å². The predicted octanol–water partition coefficient (Wildman–Crippen LogP) is 2.19. The third-order valence-electron chi connectivity index (χ3n) is 5.02. The third-order valence-corrected chi connectivity index (χ3v) is 5.02. The van der Waals surface area contributed by atoms with Crippen molar-refractivity contribution in [1.82, 2.24) is 25.0 Å². The molecule has 0 radical (unpaired) electrons. The highest BCUT2D eigenvalue weighted by molar-refractivity contribution is 5.94. The van der Waals surface area contributed by atoms with Crippen LogP contribution in [0.1, 0.15) is 47.4 Å². The fourth-order valence-corrected chi connectivity index (χ4v) is 3.60. The summed E-state index contributed by atoms with van der Waals surface area (Å²) in [6, 6.07) is 5.59. The number of nitrogens with two attached hydrogens (primary N) is 1. The first kappa shape index (κ1) is 25.9. The molecule has 0 saturated carbocycles. The van der Waals surface area contributed by atoms with Crippen LogP contribution < -0.4 is 11.1 Å². The maximum atomic E-state index is 13.0. The summed E-state index contributed by atoms with van der Waals surface area (Å²) in [5.41, 5.74) is 7.88. The van der Waals surface area contributed by atoms with Gasteiger partial charge in [0.25, 0.3) is 5.91 Å². The summed E-state index contributed by atoms with van der Waals surface area (Å²) in [5, 5.41) is 7.31. The van der Waals surface area contributed by atoms with E-state index in [4.69, 9.17) is 5.73 Å². The molecule has 1 aliphatic rings. The molecule has 1 unspecified atom stereocenters. The second-order valence-electron chi connectivity index (χ2n) is 7.23. The Morgan fingerprint density at radius 2 is 2.00 bits per heavy atom. The molecule has 2 aromatic heterocycles. The molecule has 2 amide bonds. The average Bonchev–Trinajstić information content (AvgIpc) is 3.04. The van der Waals surface area contributed by atoms with E-state index in [1.165, 1.54) is 0 Å². The molecule has 166 valence electrons. The molecule has 1 aliphatic heterocycles. The van der Waals surface area contributed by atoms with Gasteiger partial charge in [0.15, 0.2) is 5.82 Å². The summed E-state index contributed by atoms with van der Waals surface area (Å²) in [6.07, 6.45) is 4.81. The van der Waals surface area contributed by atoms with Crippen molar-refractivity contribution in [2.24, 2.45) is 5.73 Å². The summed E-state index contributed by atoms with van der Waals surface area (Å²) in [4.78, 5) is 31.0. The molecule has 1 fully saturated rings. The first-order chi connectivity index (χ1) is 13.5. The van der Waals surface area contributed by atoms with E-state index in [-0.39, 0.29) is 42.7 Å². The summed E-state index contributed by atoms with van der Waals surface area (Å²) in [7, 11) is 0. The van der Waals surface area contributed by atoms with E-state index in [0.717, 1.165) is 30.7 Å². The molecule has 0 aliphatic carbocycles. The Bertz CT molecular complexity index is 840. The van der Waals surface area contributed by atoms with Crippen molar-refractivity contribution in [3.05, 3.63) is 41.3 Å². The summed E-state index contributed by atoms with van der Waals surface area (Å²) >= 11 is 0. The topological polar surface area (TPSA) is 106 Å². The van der Waals surface area contributed by atoms with Crippen molar-refractivity contribution in [2.45, 2.75) is 45.6 Å². The van der Waals surface area contributed by atoms with Gasteiger partial charge >= 0.3 is 0 Å². The van der Waals surface area contributed by atoms with Gasteiger partial charge < -0.3 is 16.0 Å². The van der Waals surface area contributed by atoms with Gasteiger partial charge in [-0.05, 0) is 51.3 Å². The molecular weight excluding hydrogens is 427 g/mol. The van der Waals surface area contributed by atoms with E-state index in [1.54, 1.807) is 16.9 Å². The SMILES string of the molecule is Cc1cc(C)n(-c2ccc(C(=O)N3CCCCC3CNC(=O)CCN)cn2)n1.Cl.Cl. The molecule has 0 aromatic carbocycles. The van der Waals surface area contributed by atoms with E-state index in [1.807, 2.05) is 30.9 Å². The van der Waals surface area contributed by atoms with Gasteiger partial charge in [0.05, 0.1) is 11.3 Å². The average molecular weight is 457 g/mol. The molecule has 3 rings (SSSR count). The molecule has 0 bridgehead atoms. The minimum atomic E-state index is -0.0728. The molecule has 1 atom stereocenters. The monoisotopic (exact) mass is 456 g/mol. The number of aromatic nitrogens is 3. The maximum absolute atomic E-state index is 13.0. The molecule has 3 heterocycles. The fourth-order valence-electron chi connectivity index (χ4n) is 3.60. The molecule has 10 heteroatoms. The Labute approximate surface area is 189 Å². The van der Waals surface area contributed by atoms with Gasteiger partial charge in [-0.15, -0.1) is 24.8 Å². The number of halogens is 2. The Morgan fingerprint density at radius 1 is 1.23 bits per heavy atom. The number of hydrogen-bond acceptors (Lipinski definition) is 5. The van der Waals surface area contributed by atoms with Crippen LogP contribution in [0.4, 0.5) is 0 Å². The second-order valence-corrected chi connectivity index (χ2v) is 7.23. The zero-order valence-electron chi connectivity index (χ0n) is 17.3. The molecular formula is C20H30Cl2N6O2. The maximum Gasteiger partial charge on any atom is 0.255 e. The molecule has 30 heavy (non-hydrogen) atoms. The summed E-state index contributed by atoms with van der Waals surface area (Å²) in [6.45, 7) is 5.38. The van der Waals surface area contributed by atoms with Crippen LogP contribution >= 0.6 is 24.8 Å². The number of amides is 2. The van der Waals surface area contributed by atoms with E-state index in [9.17, 15) is 9.59 Å². The Balaban J connectivity index is 0.00000225. The van der Waals surface area contributed by atoms with E-state index in [0.29, 0.717) is 37.4 Å². The van der Waals surface area contributed by atoms with E-state index >= 15 is 0 Å². The van der Waals surface area contributed by atoms with Gasteiger partial charge in [-0.2, -0.15) is 5.10 Å². The number of carbonyl (C=O) groups is 2. The number of rotatable bonds is 6. The van der Waals surface area contributed by atoms with Crippen molar-refractivity contribution in [1.29, 1.82) is 0 Å². The normalized spacial score (nSPS) is 15.7. The molecule has 1 saturated heterocycles. The van der Waals surface area contributed by atoms with Crippen molar-refractivity contribution in [2.75, 3.05) is 19.6 Å². The van der Waals surface area contributed by atoms with Gasteiger partial charge in [-0.1, -0.05) is 0 Å². The number of piperidine rings is 1. The van der Waals surface area contributed by atoms with Crippen LogP contribution in [0.15, 0.2) is 24.4 Å². The van der Waals surface area contributed by atoms with Crippen molar-refractivity contribution in [3.8, 4) is 5.82 Å². The second kappa shape index (κ2) is 11.9. The van der Waals surface area contributed by atoms with Crippen LogP contribution in [-0.2, 0) is 4.79 Å². The first-order valence-electron chi connectivity index (χ1n) is 9.77. The van der Waals surface area contributed by atoms with Gasteiger partial charge in [-0.25, -0.2) is 9.67 Å². The number of likely N-dealkylation sites (tertiary alicyclic amines) is 1. The van der Waals surface area contributed by atoms with Crippen molar-refractivity contribution in [3.63, 3.8) is 0 Å².